The monoisotopic (exact) mass is 342 g/mol. The van der Waals surface area contributed by atoms with Crippen LogP contribution in [0.5, 0.6) is 5.75 Å². The molecule has 1 aromatic rings. The summed E-state index contributed by atoms with van der Waals surface area (Å²) < 4.78 is 36.2. The van der Waals surface area contributed by atoms with Crippen LogP contribution in [0.1, 0.15) is 12.8 Å². The molecule has 1 aromatic carbocycles. The van der Waals surface area contributed by atoms with Crippen LogP contribution in [0, 0.1) is 0 Å². The first kappa shape index (κ1) is 17.2. The molecule has 0 aliphatic carbocycles. The molecule has 0 aromatic heterocycles. The van der Waals surface area contributed by atoms with E-state index in [0.29, 0.717) is 18.6 Å². The minimum Gasteiger partial charge on any atom is -0.497 e. The van der Waals surface area contributed by atoms with Crippen molar-refractivity contribution < 1.29 is 27.5 Å². The Morgan fingerprint density at radius 2 is 1.96 bits per heavy atom. The second kappa shape index (κ2) is 6.97. The maximum Gasteiger partial charge on any atom is 0.324 e. The number of nitrogens with zero attached hydrogens (tertiary/aromatic N) is 1. The Hall–Kier alpha value is -2.13. The van der Waals surface area contributed by atoms with E-state index in [1.54, 1.807) is 0 Å². The molecular weight excluding hydrogens is 324 g/mol. The summed E-state index contributed by atoms with van der Waals surface area (Å²) in [7, 11) is -2.35. The van der Waals surface area contributed by atoms with Gasteiger partial charge in [-0.1, -0.05) is 0 Å². The van der Waals surface area contributed by atoms with E-state index in [4.69, 9.17) is 15.2 Å². The van der Waals surface area contributed by atoms with Gasteiger partial charge in [0, 0.05) is 6.54 Å². The lowest BCUT2D eigenvalue weighted by molar-refractivity contribution is -0.151. The fourth-order valence-electron chi connectivity index (χ4n) is 2.38. The number of carbonyl (C=O) groups excluding carboxylic acids is 2. The average molecular weight is 342 g/mol. The van der Waals surface area contributed by atoms with E-state index < -0.39 is 34.5 Å². The highest BCUT2D eigenvalue weighted by Crippen LogP contribution is 2.27. The normalized spacial score (nSPS) is 18.6. The molecule has 0 bridgehead atoms. The largest absolute Gasteiger partial charge is 0.497 e. The van der Waals surface area contributed by atoms with Crippen molar-refractivity contribution in [1.82, 2.24) is 4.31 Å². The van der Waals surface area contributed by atoms with Crippen molar-refractivity contribution in [1.29, 1.82) is 0 Å². The zero-order valence-electron chi connectivity index (χ0n) is 12.6. The Bertz CT molecular complexity index is 686. The van der Waals surface area contributed by atoms with Crippen molar-refractivity contribution in [3.05, 3.63) is 24.3 Å². The van der Waals surface area contributed by atoms with Crippen LogP contribution >= 0.6 is 0 Å². The molecule has 0 unspecified atom stereocenters. The summed E-state index contributed by atoms with van der Waals surface area (Å²) >= 11 is 0. The van der Waals surface area contributed by atoms with Crippen molar-refractivity contribution in [3.63, 3.8) is 0 Å². The lowest BCUT2D eigenvalue weighted by Crippen LogP contribution is -2.42. The van der Waals surface area contributed by atoms with Gasteiger partial charge in [-0.25, -0.2) is 8.42 Å². The second-order valence-corrected chi connectivity index (χ2v) is 6.91. The number of sulfonamides is 1. The number of primary amides is 1. The predicted molar refractivity (Wildman–Crippen MR) is 80.1 cm³/mol. The van der Waals surface area contributed by atoms with Gasteiger partial charge in [0.05, 0.1) is 12.0 Å². The number of hydrogen-bond donors (Lipinski definition) is 1. The Morgan fingerprint density at radius 1 is 1.30 bits per heavy atom. The van der Waals surface area contributed by atoms with Crippen LogP contribution in [-0.4, -0.2) is 50.9 Å². The number of nitrogens with two attached hydrogens (primary N) is 1. The molecular formula is C14H18N2O6S. The van der Waals surface area contributed by atoms with E-state index in [1.165, 1.54) is 31.4 Å². The molecule has 1 aliphatic rings. The van der Waals surface area contributed by atoms with Crippen molar-refractivity contribution >= 4 is 21.9 Å². The van der Waals surface area contributed by atoms with Gasteiger partial charge in [-0.05, 0) is 37.1 Å². The molecule has 1 fully saturated rings. The lowest BCUT2D eigenvalue weighted by Gasteiger charge is -2.22. The Balaban J connectivity index is 2.19. The molecule has 9 heteroatoms. The molecule has 1 saturated heterocycles. The van der Waals surface area contributed by atoms with Crippen molar-refractivity contribution in [2.24, 2.45) is 5.73 Å². The molecule has 126 valence electrons. The first-order valence-corrected chi connectivity index (χ1v) is 8.41. The molecule has 1 aliphatic heterocycles. The van der Waals surface area contributed by atoms with Crippen LogP contribution in [0.4, 0.5) is 0 Å². The van der Waals surface area contributed by atoms with Crippen molar-refractivity contribution in [2.75, 3.05) is 20.3 Å². The molecule has 2 N–H and O–H groups in total. The smallest absolute Gasteiger partial charge is 0.324 e. The number of amides is 1. The van der Waals surface area contributed by atoms with Crippen LogP contribution in [0.3, 0.4) is 0 Å². The van der Waals surface area contributed by atoms with Crippen LogP contribution in [-0.2, 0) is 24.3 Å². The number of esters is 1. The van der Waals surface area contributed by atoms with Gasteiger partial charge in [-0.2, -0.15) is 4.31 Å². The summed E-state index contributed by atoms with van der Waals surface area (Å²) in [4.78, 5) is 22.7. The summed E-state index contributed by atoms with van der Waals surface area (Å²) in [6, 6.07) is 4.95. The second-order valence-electron chi connectivity index (χ2n) is 5.02. The summed E-state index contributed by atoms with van der Waals surface area (Å²) in [5.41, 5.74) is 4.92. The number of rotatable bonds is 6. The summed E-state index contributed by atoms with van der Waals surface area (Å²) in [6.45, 7) is -0.351. The zero-order valence-corrected chi connectivity index (χ0v) is 13.4. The topological polar surface area (TPSA) is 116 Å². The maximum absolute atomic E-state index is 12.7. The Kier molecular flexibility index (Phi) is 5.22. The van der Waals surface area contributed by atoms with Crippen LogP contribution in [0.25, 0.3) is 0 Å². The highest BCUT2D eigenvalue weighted by atomic mass is 32.2. The molecule has 0 saturated carbocycles. The number of benzene rings is 1. The molecule has 1 heterocycles. The van der Waals surface area contributed by atoms with Gasteiger partial charge in [-0.3, -0.25) is 9.59 Å². The van der Waals surface area contributed by atoms with Gasteiger partial charge < -0.3 is 15.2 Å². The Labute approximate surface area is 134 Å². The third kappa shape index (κ3) is 3.80. The number of methoxy groups -OCH3 is 1. The average Bonchev–Trinajstić information content (AvgIpc) is 3.03. The molecule has 0 spiro atoms. The van der Waals surface area contributed by atoms with E-state index >= 15 is 0 Å². The molecule has 1 amide bonds. The fraction of sp³-hybridized carbons (Fsp3) is 0.429. The summed E-state index contributed by atoms with van der Waals surface area (Å²) in [6.07, 6.45) is 0.874. The number of hydrogen-bond acceptors (Lipinski definition) is 6. The van der Waals surface area contributed by atoms with E-state index in [1.807, 2.05) is 0 Å². The highest BCUT2D eigenvalue weighted by Gasteiger charge is 2.40. The van der Waals surface area contributed by atoms with Gasteiger partial charge in [-0.15, -0.1) is 0 Å². The number of ether oxygens (including phenoxy) is 2. The van der Waals surface area contributed by atoms with Crippen LogP contribution in [0.2, 0.25) is 0 Å². The Morgan fingerprint density at radius 3 is 2.52 bits per heavy atom. The first-order valence-electron chi connectivity index (χ1n) is 6.97. The van der Waals surface area contributed by atoms with Crippen LogP contribution in [0.15, 0.2) is 29.2 Å². The predicted octanol–water partition coefficient (Wildman–Crippen LogP) is -0.123. The molecule has 8 nitrogen and oxygen atoms in total. The maximum atomic E-state index is 12.7. The van der Waals surface area contributed by atoms with Crippen molar-refractivity contribution in [2.45, 2.75) is 23.8 Å². The van der Waals surface area contributed by atoms with E-state index in [9.17, 15) is 18.0 Å². The summed E-state index contributed by atoms with van der Waals surface area (Å²) in [5.74, 6) is -1.03. The molecule has 0 radical (unpaired) electrons. The minimum absolute atomic E-state index is 0.0629. The summed E-state index contributed by atoms with van der Waals surface area (Å²) in [5, 5.41) is 0. The standard InChI is InChI=1S/C14H18N2O6S/c1-21-10-4-6-11(7-5-10)23(19,20)16-8-2-3-12(16)14(18)22-9-13(15)17/h4-7,12H,2-3,8-9H2,1H3,(H2,15,17)/t12-/m0/s1. The van der Waals surface area contributed by atoms with Gasteiger partial charge in [0.2, 0.25) is 10.0 Å². The van der Waals surface area contributed by atoms with E-state index in [0.717, 1.165) is 4.31 Å². The SMILES string of the molecule is COc1ccc(S(=O)(=O)N2CCC[C@H]2C(=O)OCC(N)=O)cc1. The van der Waals surface area contributed by atoms with Crippen molar-refractivity contribution in [3.8, 4) is 5.75 Å². The molecule has 23 heavy (non-hydrogen) atoms. The lowest BCUT2D eigenvalue weighted by atomic mass is 10.2. The molecule has 1 atom stereocenters. The van der Waals surface area contributed by atoms with E-state index in [2.05, 4.69) is 0 Å². The zero-order chi connectivity index (χ0) is 17.0. The quantitative estimate of drug-likeness (QED) is 0.720. The van der Waals surface area contributed by atoms with Crippen LogP contribution < -0.4 is 10.5 Å². The van der Waals surface area contributed by atoms with E-state index in [-0.39, 0.29) is 11.4 Å². The van der Waals surface area contributed by atoms with Gasteiger partial charge in [0.25, 0.3) is 5.91 Å². The third-order valence-electron chi connectivity index (χ3n) is 3.50. The van der Waals surface area contributed by atoms with Gasteiger partial charge in [0.15, 0.2) is 6.61 Å². The fourth-order valence-corrected chi connectivity index (χ4v) is 4.03. The van der Waals surface area contributed by atoms with Gasteiger partial charge >= 0.3 is 5.97 Å². The molecule has 2 rings (SSSR count). The highest BCUT2D eigenvalue weighted by molar-refractivity contribution is 7.89. The minimum atomic E-state index is -3.84. The number of carbonyl (C=O) groups is 2. The third-order valence-corrected chi connectivity index (χ3v) is 5.42. The van der Waals surface area contributed by atoms with Gasteiger partial charge in [0.1, 0.15) is 11.8 Å². The first-order chi connectivity index (χ1) is 10.9.